The minimum absolute atomic E-state index is 0.347. The molecule has 1 aromatic rings. The van der Waals surface area contributed by atoms with Crippen molar-refractivity contribution in [2.45, 2.75) is 39.7 Å². The summed E-state index contributed by atoms with van der Waals surface area (Å²) in [7, 11) is 2.16. The molecule has 2 heterocycles. The van der Waals surface area contributed by atoms with E-state index in [-0.39, 0.29) is 0 Å². The molecule has 0 atom stereocenters. The Morgan fingerprint density at radius 1 is 1.50 bits per heavy atom. The number of hydrogen-bond acceptors (Lipinski definition) is 3. The zero-order valence-electron chi connectivity index (χ0n) is 11.8. The summed E-state index contributed by atoms with van der Waals surface area (Å²) in [6.07, 6.45) is 5.46. The van der Waals surface area contributed by atoms with E-state index in [1.807, 2.05) is 6.20 Å². The fraction of sp³-hybridized carbons (Fsp3) is 0.786. The van der Waals surface area contributed by atoms with E-state index in [0.717, 1.165) is 38.5 Å². The summed E-state index contributed by atoms with van der Waals surface area (Å²) < 4.78 is 5.29. The molecule has 1 saturated heterocycles. The van der Waals surface area contributed by atoms with Gasteiger partial charge in [0, 0.05) is 36.8 Å². The standard InChI is InChI=1S/C14H25N3O/c1-4-5-6-13-15-7-12(16-13)8-17(3)9-14(2)10-18-11-14/h7H,4-6,8-11H2,1-3H3,(H,15,16). The van der Waals surface area contributed by atoms with Gasteiger partial charge in [0.25, 0.3) is 0 Å². The number of nitrogens with zero attached hydrogens (tertiary/aromatic N) is 2. The molecule has 1 aliphatic rings. The van der Waals surface area contributed by atoms with Crippen molar-refractivity contribution in [1.29, 1.82) is 0 Å². The molecular formula is C14H25N3O. The summed E-state index contributed by atoms with van der Waals surface area (Å²) >= 11 is 0. The number of unbranched alkanes of at least 4 members (excludes halogenated alkanes) is 1. The van der Waals surface area contributed by atoms with Crippen molar-refractivity contribution in [3.05, 3.63) is 17.7 Å². The molecule has 0 saturated carbocycles. The molecule has 18 heavy (non-hydrogen) atoms. The fourth-order valence-electron chi connectivity index (χ4n) is 2.50. The molecule has 0 amide bonds. The van der Waals surface area contributed by atoms with Crippen LogP contribution in [-0.4, -0.2) is 41.7 Å². The van der Waals surface area contributed by atoms with Crippen LogP contribution in [0.3, 0.4) is 0 Å². The van der Waals surface area contributed by atoms with E-state index >= 15 is 0 Å². The van der Waals surface area contributed by atoms with Crippen LogP contribution in [0.25, 0.3) is 0 Å². The van der Waals surface area contributed by atoms with Crippen molar-refractivity contribution in [3.8, 4) is 0 Å². The smallest absolute Gasteiger partial charge is 0.106 e. The number of rotatable bonds is 7. The van der Waals surface area contributed by atoms with Crippen molar-refractivity contribution < 1.29 is 4.74 Å². The normalized spacial score (nSPS) is 18.0. The quantitative estimate of drug-likeness (QED) is 0.808. The summed E-state index contributed by atoms with van der Waals surface area (Å²) in [4.78, 5) is 10.2. The summed E-state index contributed by atoms with van der Waals surface area (Å²) in [6.45, 7) is 8.29. The van der Waals surface area contributed by atoms with Gasteiger partial charge in [0.15, 0.2) is 0 Å². The highest BCUT2D eigenvalue weighted by Gasteiger charge is 2.34. The van der Waals surface area contributed by atoms with E-state index in [9.17, 15) is 0 Å². The SMILES string of the molecule is CCCCc1ncc(CN(C)CC2(C)COC2)[nH]1. The molecule has 0 radical (unpaired) electrons. The lowest BCUT2D eigenvalue weighted by molar-refractivity contribution is -0.113. The van der Waals surface area contributed by atoms with Crippen molar-refractivity contribution in [3.63, 3.8) is 0 Å². The first-order chi connectivity index (χ1) is 8.61. The number of hydrogen-bond donors (Lipinski definition) is 1. The number of H-pyrrole nitrogens is 1. The zero-order valence-corrected chi connectivity index (χ0v) is 11.8. The van der Waals surface area contributed by atoms with E-state index in [1.54, 1.807) is 0 Å². The van der Waals surface area contributed by atoms with Crippen molar-refractivity contribution in [2.24, 2.45) is 5.41 Å². The lowest BCUT2D eigenvalue weighted by atomic mass is 9.88. The van der Waals surface area contributed by atoms with E-state index in [2.05, 4.69) is 35.8 Å². The number of aryl methyl sites for hydroxylation is 1. The van der Waals surface area contributed by atoms with Crippen LogP contribution in [0.2, 0.25) is 0 Å². The van der Waals surface area contributed by atoms with E-state index < -0.39 is 0 Å². The molecule has 0 aromatic carbocycles. The van der Waals surface area contributed by atoms with Gasteiger partial charge in [0.2, 0.25) is 0 Å². The zero-order chi connectivity index (χ0) is 13.0. The monoisotopic (exact) mass is 251 g/mol. The van der Waals surface area contributed by atoms with E-state index in [1.165, 1.54) is 18.5 Å². The maximum absolute atomic E-state index is 5.29. The van der Waals surface area contributed by atoms with Gasteiger partial charge in [0.1, 0.15) is 5.82 Å². The van der Waals surface area contributed by atoms with Gasteiger partial charge in [-0.05, 0) is 13.5 Å². The third kappa shape index (κ3) is 3.56. The van der Waals surface area contributed by atoms with Crippen molar-refractivity contribution >= 4 is 0 Å². The third-order valence-corrected chi connectivity index (χ3v) is 3.44. The second kappa shape index (κ2) is 5.85. The first-order valence-corrected chi connectivity index (χ1v) is 6.90. The van der Waals surface area contributed by atoms with E-state index in [4.69, 9.17) is 4.74 Å². The largest absolute Gasteiger partial charge is 0.380 e. The predicted octanol–water partition coefficient (Wildman–Crippen LogP) is 2.22. The van der Waals surface area contributed by atoms with Crippen LogP contribution in [0.4, 0.5) is 0 Å². The molecular weight excluding hydrogens is 226 g/mol. The summed E-state index contributed by atoms with van der Waals surface area (Å²) in [5, 5.41) is 0. The van der Waals surface area contributed by atoms with Crippen LogP contribution >= 0.6 is 0 Å². The molecule has 0 bridgehead atoms. The lowest BCUT2D eigenvalue weighted by Crippen LogP contribution is -2.47. The van der Waals surface area contributed by atoms with Crippen LogP contribution in [-0.2, 0) is 17.7 Å². The van der Waals surface area contributed by atoms with Gasteiger partial charge in [0.05, 0.1) is 13.2 Å². The topological polar surface area (TPSA) is 41.2 Å². The Hall–Kier alpha value is -0.870. The maximum atomic E-state index is 5.29. The minimum Gasteiger partial charge on any atom is -0.380 e. The Morgan fingerprint density at radius 2 is 2.28 bits per heavy atom. The average Bonchev–Trinajstić information content (AvgIpc) is 2.71. The van der Waals surface area contributed by atoms with E-state index in [0.29, 0.717) is 5.41 Å². The van der Waals surface area contributed by atoms with Gasteiger partial charge >= 0.3 is 0 Å². The Balaban J connectivity index is 1.79. The third-order valence-electron chi connectivity index (χ3n) is 3.44. The molecule has 2 rings (SSSR count). The molecule has 1 aromatic heterocycles. The van der Waals surface area contributed by atoms with Crippen LogP contribution in [0, 0.1) is 5.41 Å². The fourth-order valence-corrected chi connectivity index (χ4v) is 2.50. The highest BCUT2D eigenvalue weighted by molar-refractivity contribution is 5.01. The van der Waals surface area contributed by atoms with Crippen LogP contribution in [0.5, 0.6) is 0 Å². The van der Waals surface area contributed by atoms with Gasteiger partial charge in [-0.15, -0.1) is 0 Å². The average molecular weight is 251 g/mol. The highest BCUT2D eigenvalue weighted by atomic mass is 16.5. The van der Waals surface area contributed by atoms with Crippen LogP contribution < -0.4 is 0 Å². The maximum Gasteiger partial charge on any atom is 0.106 e. The Kier molecular flexibility index (Phi) is 4.40. The Bertz CT molecular complexity index is 371. The Labute approximate surface area is 110 Å². The van der Waals surface area contributed by atoms with Crippen molar-refractivity contribution in [2.75, 3.05) is 26.8 Å². The molecule has 102 valence electrons. The Morgan fingerprint density at radius 3 is 2.89 bits per heavy atom. The molecule has 0 aliphatic carbocycles. The van der Waals surface area contributed by atoms with Gasteiger partial charge in [-0.25, -0.2) is 4.98 Å². The minimum atomic E-state index is 0.347. The summed E-state index contributed by atoms with van der Waals surface area (Å²) in [6, 6.07) is 0. The van der Waals surface area contributed by atoms with Gasteiger partial charge < -0.3 is 9.72 Å². The van der Waals surface area contributed by atoms with Gasteiger partial charge in [-0.3, -0.25) is 4.90 Å². The second-order valence-corrected chi connectivity index (χ2v) is 5.93. The lowest BCUT2D eigenvalue weighted by Gasteiger charge is -2.40. The number of aromatic amines is 1. The van der Waals surface area contributed by atoms with Crippen LogP contribution in [0.15, 0.2) is 6.20 Å². The molecule has 1 fully saturated rings. The molecule has 4 nitrogen and oxygen atoms in total. The molecule has 4 heteroatoms. The molecule has 0 spiro atoms. The first-order valence-electron chi connectivity index (χ1n) is 6.90. The summed E-state index contributed by atoms with van der Waals surface area (Å²) in [5.41, 5.74) is 1.56. The number of imidazole rings is 1. The van der Waals surface area contributed by atoms with Crippen molar-refractivity contribution in [1.82, 2.24) is 14.9 Å². The number of aromatic nitrogens is 2. The number of ether oxygens (including phenoxy) is 1. The van der Waals surface area contributed by atoms with Gasteiger partial charge in [-0.1, -0.05) is 20.3 Å². The molecule has 1 N–H and O–H groups in total. The predicted molar refractivity (Wildman–Crippen MR) is 72.5 cm³/mol. The summed E-state index contributed by atoms with van der Waals surface area (Å²) in [5.74, 6) is 1.12. The highest BCUT2D eigenvalue weighted by Crippen LogP contribution is 2.27. The van der Waals surface area contributed by atoms with Crippen LogP contribution in [0.1, 0.15) is 38.2 Å². The first kappa shape index (κ1) is 13.6. The van der Waals surface area contributed by atoms with Gasteiger partial charge in [-0.2, -0.15) is 0 Å². The number of nitrogens with one attached hydrogen (secondary N) is 1. The molecule has 1 aliphatic heterocycles. The molecule has 0 unspecified atom stereocenters. The second-order valence-electron chi connectivity index (χ2n) is 5.93.